The summed E-state index contributed by atoms with van der Waals surface area (Å²) in [6, 6.07) is 14.6. The molecule has 0 heterocycles. The van der Waals surface area contributed by atoms with Gasteiger partial charge >= 0.3 is 12.2 Å². The van der Waals surface area contributed by atoms with Crippen LogP contribution in [0.5, 0.6) is 0 Å². The maximum Gasteiger partial charge on any atom is 0.437 e. The monoisotopic (exact) mass is 559 g/mol. The van der Waals surface area contributed by atoms with E-state index in [2.05, 4.69) is 76.6 Å². The van der Waals surface area contributed by atoms with Gasteiger partial charge in [-0.15, -0.1) is 4.99 Å². The Morgan fingerprint density at radius 1 is 0.833 bits per heavy atom. The zero-order valence-electron chi connectivity index (χ0n) is 22.7. The lowest BCUT2D eigenvalue weighted by Gasteiger charge is -2.21. The number of carbonyl (C=O) groups excluding carboxylic acids is 2. The summed E-state index contributed by atoms with van der Waals surface area (Å²) < 4.78 is 11.5. The van der Waals surface area contributed by atoms with Crippen molar-refractivity contribution in [1.29, 1.82) is 0 Å². The molecule has 0 radical (unpaired) electrons. The SMILES string of the molecule is CC(C)(C)OC(=O)/N=C(/NCc1cc(Br)cc(-c2ccc(C(C)(C)C)cc2)c1)NC(=O)OC(C)(C)C. The van der Waals surface area contributed by atoms with Crippen LogP contribution < -0.4 is 10.6 Å². The summed E-state index contributed by atoms with van der Waals surface area (Å²) in [6.45, 7) is 17.3. The van der Waals surface area contributed by atoms with E-state index in [0.29, 0.717) is 6.54 Å². The van der Waals surface area contributed by atoms with Crippen molar-refractivity contribution in [2.75, 3.05) is 0 Å². The molecule has 36 heavy (non-hydrogen) atoms. The van der Waals surface area contributed by atoms with E-state index in [9.17, 15) is 9.59 Å². The second-order valence-corrected chi connectivity index (χ2v) is 12.5. The van der Waals surface area contributed by atoms with Gasteiger partial charge < -0.3 is 14.8 Å². The van der Waals surface area contributed by atoms with Gasteiger partial charge in [0, 0.05) is 11.0 Å². The maximum absolute atomic E-state index is 12.3. The molecule has 0 fully saturated rings. The Bertz CT molecular complexity index is 1110. The van der Waals surface area contributed by atoms with E-state index in [1.807, 2.05) is 18.2 Å². The molecule has 0 aliphatic rings. The molecule has 0 unspecified atom stereocenters. The van der Waals surface area contributed by atoms with E-state index in [0.717, 1.165) is 21.2 Å². The molecule has 2 aromatic carbocycles. The Hall–Kier alpha value is -2.87. The Morgan fingerprint density at radius 2 is 1.42 bits per heavy atom. The van der Waals surface area contributed by atoms with E-state index in [1.54, 1.807) is 41.5 Å². The van der Waals surface area contributed by atoms with Crippen LogP contribution in [0.1, 0.15) is 73.4 Å². The molecule has 2 amide bonds. The Morgan fingerprint density at radius 3 is 1.94 bits per heavy atom. The fraction of sp³-hybridized carbons (Fsp3) is 0.464. The highest BCUT2D eigenvalue weighted by Gasteiger charge is 2.20. The topological polar surface area (TPSA) is 89.0 Å². The number of carbonyl (C=O) groups is 2. The minimum absolute atomic E-state index is 0.0606. The highest BCUT2D eigenvalue weighted by Crippen LogP contribution is 2.28. The molecular weight excluding hydrogens is 522 g/mol. The molecule has 0 aromatic heterocycles. The molecule has 2 N–H and O–H groups in total. The molecule has 0 saturated carbocycles. The van der Waals surface area contributed by atoms with Gasteiger partial charge in [-0.3, -0.25) is 5.32 Å². The van der Waals surface area contributed by atoms with Crippen LogP contribution in [0.4, 0.5) is 9.59 Å². The van der Waals surface area contributed by atoms with Gasteiger partial charge in [-0.25, -0.2) is 9.59 Å². The molecule has 8 heteroatoms. The highest BCUT2D eigenvalue weighted by atomic mass is 79.9. The summed E-state index contributed by atoms with van der Waals surface area (Å²) in [7, 11) is 0. The zero-order chi connectivity index (χ0) is 27.3. The Balaban J connectivity index is 2.25. The van der Waals surface area contributed by atoms with Crippen molar-refractivity contribution in [3.05, 3.63) is 58.1 Å². The van der Waals surface area contributed by atoms with Crippen molar-refractivity contribution in [2.24, 2.45) is 4.99 Å². The number of alkyl carbamates (subject to hydrolysis) is 1. The maximum atomic E-state index is 12.3. The molecule has 0 aliphatic heterocycles. The molecule has 2 rings (SSSR count). The van der Waals surface area contributed by atoms with Crippen LogP contribution in [-0.2, 0) is 21.4 Å². The number of hydrogen-bond acceptors (Lipinski definition) is 4. The average molecular weight is 561 g/mol. The van der Waals surface area contributed by atoms with Crippen LogP contribution in [0.15, 0.2) is 51.9 Å². The van der Waals surface area contributed by atoms with E-state index in [1.165, 1.54) is 5.56 Å². The number of benzene rings is 2. The van der Waals surface area contributed by atoms with Gasteiger partial charge in [0.05, 0.1) is 0 Å². The quantitative estimate of drug-likeness (QED) is 0.303. The lowest BCUT2D eigenvalue weighted by molar-refractivity contribution is 0.0560. The summed E-state index contributed by atoms with van der Waals surface area (Å²) in [5.74, 6) is -0.0606. The predicted molar refractivity (Wildman–Crippen MR) is 148 cm³/mol. The van der Waals surface area contributed by atoms with Crippen molar-refractivity contribution in [2.45, 2.75) is 85.5 Å². The van der Waals surface area contributed by atoms with Crippen LogP contribution in [0, 0.1) is 0 Å². The molecule has 196 valence electrons. The van der Waals surface area contributed by atoms with Crippen molar-refractivity contribution in [1.82, 2.24) is 10.6 Å². The van der Waals surface area contributed by atoms with Gasteiger partial charge in [-0.05, 0) is 87.4 Å². The number of guanidine groups is 1. The lowest BCUT2D eigenvalue weighted by Crippen LogP contribution is -2.44. The molecule has 0 spiro atoms. The summed E-state index contributed by atoms with van der Waals surface area (Å²) in [5, 5.41) is 5.53. The summed E-state index contributed by atoms with van der Waals surface area (Å²) >= 11 is 3.59. The standard InChI is InChI=1S/C28H38BrN3O4/c1-26(2,3)21-12-10-19(11-13-21)20-14-18(15-22(29)16-20)17-30-23(31-24(33)35-27(4,5)6)32-25(34)36-28(7,8)9/h10-16H,17H2,1-9H3,(H2,30,31,32,33,34). The second kappa shape index (κ2) is 11.5. The smallest absolute Gasteiger partial charge is 0.437 e. The molecule has 0 bridgehead atoms. The van der Waals surface area contributed by atoms with Gasteiger partial charge in [0.15, 0.2) is 0 Å². The first-order chi connectivity index (χ1) is 16.4. The molecule has 0 atom stereocenters. The van der Waals surface area contributed by atoms with Crippen LogP contribution in [-0.4, -0.2) is 29.3 Å². The normalized spacial score (nSPS) is 12.7. The largest absolute Gasteiger partial charge is 0.444 e. The number of halogens is 1. The number of nitrogens with one attached hydrogen (secondary N) is 2. The van der Waals surface area contributed by atoms with Gasteiger partial charge in [0.1, 0.15) is 11.2 Å². The highest BCUT2D eigenvalue weighted by molar-refractivity contribution is 9.10. The average Bonchev–Trinajstić information content (AvgIpc) is 2.68. The number of hydrogen-bond donors (Lipinski definition) is 2. The summed E-state index contributed by atoms with van der Waals surface area (Å²) in [4.78, 5) is 28.5. The second-order valence-electron chi connectivity index (χ2n) is 11.6. The number of amides is 2. The predicted octanol–water partition coefficient (Wildman–Crippen LogP) is 7.32. The molecule has 0 aliphatic carbocycles. The number of nitrogens with zero attached hydrogens (tertiary/aromatic N) is 1. The van der Waals surface area contributed by atoms with E-state index in [4.69, 9.17) is 9.47 Å². The fourth-order valence-corrected chi connectivity index (χ4v) is 3.70. The third-order valence-corrected chi connectivity index (χ3v) is 5.18. The van der Waals surface area contributed by atoms with Gasteiger partial charge in [-0.1, -0.05) is 61.0 Å². The van der Waals surface area contributed by atoms with Crippen LogP contribution in [0.2, 0.25) is 0 Å². The first-order valence-corrected chi connectivity index (χ1v) is 12.7. The number of rotatable bonds is 3. The third kappa shape index (κ3) is 10.4. The minimum atomic E-state index is -0.824. The van der Waals surface area contributed by atoms with Crippen molar-refractivity contribution >= 4 is 34.1 Å². The van der Waals surface area contributed by atoms with Crippen molar-refractivity contribution in [3.8, 4) is 11.1 Å². The third-order valence-electron chi connectivity index (χ3n) is 4.72. The van der Waals surface area contributed by atoms with Crippen molar-refractivity contribution < 1.29 is 19.1 Å². The lowest BCUT2D eigenvalue weighted by atomic mass is 9.86. The Kier molecular flexibility index (Phi) is 9.34. The first kappa shape index (κ1) is 29.4. The molecular formula is C28H38BrN3O4. The van der Waals surface area contributed by atoms with E-state index >= 15 is 0 Å². The van der Waals surface area contributed by atoms with E-state index in [-0.39, 0.29) is 11.4 Å². The summed E-state index contributed by atoms with van der Waals surface area (Å²) in [6.07, 6.45) is -1.55. The zero-order valence-corrected chi connectivity index (χ0v) is 24.3. The van der Waals surface area contributed by atoms with Gasteiger partial charge in [-0.2, -0.15) is 0 Å². The minimum Gasteiger partial charge on any atom is -0.444 e. The first-order valence-electron chi connectivity index (χ1n) is 11.9. The summed E-state index contributed by atoms with van der Waals surface area (Å²) in [5.41, 5.74) is 2.95. The fourth-order valence-electron chi connectivity index (χ4n) is 3.16. The van der Waals surface area contributed by atoms with E-state index < -0.39 is 23.4 Å². The molecule has 7 nitrogen and oxygen atoms in total. The molecule has 0 saturated heterocycles. The number of aliphatic imine (C=N–C) groups is 1. The van der Waals surface area contributed by atoms with Gasteiger partial charge in [0.25, 0.3) is 0 Å². The molecule has 2 aromatic rings. The van der Waals surface area contributed by atoms with Crippen LogP contribution >= 0.6 is 15.9 Å². The van der Waals surface area contributed by atoms with Crippen LogP contribution in [0.3, 0.4) is 0 Å². The number of ether oxygens (including phenoxy) is 2. The van der Waals surface area contributed by atoms with Gasteiger partial charge in [0.2, 0.25) is 5.96 Å². The Labute approximate surface area is 223 Å². The van der Waals surface area contributed by atoms with Crippen LogP contribution in [0.25, 0.3) is 11.1 Å². The van der Waals surface area contributed by atoms with Crippen molar-refractivity contribution in [3.63, 3.8) is 0 Å².